The predicted molar refractivity (Wildman–Crippen MR) is 98.9 cm³/mol. The maximum absolute atomic E-state index is 13.3. The summed E-state index contributed by atoms with van der Waals surface area (Å²) < 4.78 is 42.9. The monoisotopic (exact) mass is 405 g/mol. The van der Waals surface area contributed by atoms with E-state index in [0.29, 0.717) is 19.3 Å². The van der Waals surface area contributed by atoms with Gasteiger partial charge in [0.2, 0.25) is 5.60 Å². The van der Waals surface area contributed by atoms with Crippen molar-refractivity contribution in [2.45, 2.75) is 38.2 Å². The Morgan fingerprint density at radius 3 is 2.52 bits per heavy atom. The highest BCUT2D eigenvalue weighted by molar-refractivity contribution is 5.74. The van der Waals surface area contributed by atoms with Crippen LogP contribution >= 0.6 is 0 Å². The summed E-state index contributed by atoms with van der Waals surface area (Å²) in [6.07, 6.45) is -1.69. The van der Waals surface area contributed by atoms with E-state index in [-0.39, 0.29) is 6.54 Å². The van der Waals surface area contributed by atoms with Gasteiger partial charge in [-0.1, -0.05) is 30.3 Å². The molecule has 7 nitrogen and oxygen atoms in total. The molecule has 0 saturated carbocycles. The largest absolute Gasteiger partial charge is 0.424 e. The van der Waals surface area contributed by atoms with Gasteiger partial charge in [-0.05, 0) is 13.8 Å². The topological polar surface area (TPSA) is 72.0 Å². The smallest absolute Gasteiger partial charge is 0.374 e. The van der Waals surface area contributed by atoms with E-state index in [1.165, 1.54) is 4.57 Å². The second-order valence-electron chi connectivity index (χ2n) is 7.41. The molecule has 0 unspecified atom stereocenters. The fraction of sp³-hybridized carbons (Fsp3) is 0.421. The summed E-state index contributed by atoms with van der Waals surface area (Å²) in [7, 11) is 1.77. The fourth-order valence-corrected chi connectivity index (χ4v) is 3.60. The zero-order valence-electron chi connectivity index (χ0n) is 16.1. The van der Waals surface area contributed by atoms with Crippen molar-refractivity contribution in [3.05, 3.63) is 48.2 Å². The average molecular weight is 405 g/mol. The zero-order valence-corrected chi connectivity index (χ0v) is 16.1. The normalized spacial score (nSPS) is 19.1. The number of alkyl halides is 3. The molecule has 1 radical (unpaired) electrons. The Morgan fingerprint density at radius 1 is 1.17 bits per heavy atom. The fourth-order valence-electron chi connectivity index (χ4n) is 3.60. The second-order valence-corrected chi connectivity index (χ2v) is 7.41. The first-order valence-electron chi connectivity index (χ1n) is 9.09. The van der Waals surface area contributed by atoms with E-state index in [4.69, 9.17) is 0 Å². The first-order valence-corrected chi connectivity index (χ1v) is 9.09. The SMILES string of the molecule is C[C@H]1CN(c2[c]n(C)nc2-c2ccccc2)Cc2nnc([C@@](C)(O)C(F)(F)F)n21. The van der Waals surface area contributed by atoms with Crippen molar-refractivity contribution >= 4 is 5.69 Å². The molecule has 2 aromatic heterocycles. The number of nitrogens with zero attached hydrogens (tertiary/aromatic N) is 6. The molecule has 1 aromatic carbocycles. The van der Waals surface area contributed by atoms with Crippen LogP contribution in [0, 0.1) is 6.20 Å². The number of benzene rings is 1. The van der Waals surface area contributed by atoms with Crippen LogP contribution in [0.2, 0.25) is 0 Å². The van der Waals surface area contributed by atoms with Gasteiger partial charge in [0.1, 0.15) is 11.9 Å². The van der Waals surface area contributed by atoms with Crippen LogP contribution in [0.4, 0.5) is 18.9 Å². The average Bonchev–Trinajstić information content (AvgIpc) is 3.25. The van der Waals surface area contributed by atoms with Gasteiger partial charge in [0.25, 0.3) is 0 Å². The van der Waals surface area contributed by atoms with Crippen molar-refractivity contribution in [3.8, 4) is 11.3 Å². The molecule has 1 aliphatic heterocycles. The molecule has 0 amide bonds. The molecule has 3 heterocycles. The van der Waals surface area contributed by atoms with Gasteiger partial charge in [0.15, 0.2) is 11.6 Å². The minimum absolute atomic E-state index is 0.229. The molecule has 1 N–H and O–H groups in total. The molecular formula is C19H20F3N6O. The van der Waals surface area contributed by atoms with E-state index in [2.05, 4.69) is 21.5 Å². The summed E-state index contributed by atoms with van der Waals surface area (Å²) in [4.78, 5) is 1.97. The van der Waals surface area contributed by atoms with Crippen molar-refractivity contribution in [2.75, 3.05) is 11.4 Å². The van der Waals surface area contributed by atoms with Gasteiger partial charge in [-0.3, -0.25) is 4.68 Å². The molecule has 1 aliphatic rings. The van der Waals surface area contributed by atoms with Gasteiger partial charge in [0.05, 0.1) is 18.3 Å². The summed E-state index contributed by atoms with van der Waals surface area (Å²) in [6, 6.07) is 9.22. The molecule has 3 aromatic rings. The van der Waals surface area contributed by atoms with Crippen LogP contribution in [-0.4, -0.2) is 42.4 Å². The Bertz CT molecular complexity index is 1020. The van der Waals surface area contributed by atoms with Crippen molar-refractivity contribution in [2.24, 2.45) is 7.05 Å². The summed E-state index contributed by atoms with van der Waals surface area (Å²) in [5.74, 6) is -0.148. The van der Waals surface area contributed by atoms with Crippen molar-refractivity contribution in [1.82, 2.24) is 24.5 Å². The lowest BCUT2D eigenvalue weighted by Crippen LogP contribution is -2.44. The van der Waals surface area contributed by atoms with Gasteiger partial charge in [-0.15, -0.1) is 10.2 Å². The number of aromatic nitrogens is 5. The number of aryl methyl sites for hydroxylation is 1. The van der Waals surface area contributed by atoms with Crippen LogP contribution in [-0.2, 0) is 19.2 Å². The van der Waals surface area contributed by atoms with Crippen molar-refractivity contribution < 1.29 is 18.3 Å². The van der Waals surface area contributed by atoms with Crippen LogP contribution in [0.1, 0.15) is 31.5 Å². The van der Waals surface area contributed by atoms with Gasteiger partial charge < -0.3 is 14.6 Å². The Balaban J connectivity index is 1.72. The lowest BCUT2D eigenvalue weighted by Gasteiger charge is -2.35. The number of anilines is 1. The van der Waals surface area contributed by atoms with Crippen LogP contribution in [0.15, 0.2) is 30.3 Å². The molecule has 4 rings (SSSR count). The van der Waals surface area contributed by atoms with Crippen molar-refractivity contribution in [3.63, 3.8) is 0 Å². The van der Waals surface area contributed by atoms with E-state index in [1.54, 1.807) is 18.7 Å². The number of hydrogen-bond acceptors (Lipinski definition) is 5. The van der Waals surface area contributed by atoms with Gasteiger partial charge in [-0.2, -0.15) is 18.3 Å². The van der Waals surface area contributed by atoms with Crippen LogP contribution < -0.4 is 4.90 Å². The Kier molecular flexibility index (Phi) is 4.41. The third-order valence-corrected chi connectivity index (χ3v) is 5.12. The molecule has 2 atom stereocenters. The maximum Gasteiger partial charge on any atom is 0.424 e. The molecule has 29 heavy (non-hydrogen) atoms. The quantitative estimate of drug-likeness (QED) is 0.726. The third kappa shape index (κ3) is 3.17. The number of fused-ring (bicyclic) bond motifs is 1. The summed E-state index contributed by atoms with van der Waals surface area (Å²) in [6.45, 7) is 3.10. The second kappa shape index (κ2) is 6.58. The number of halogens is 3. The lowest BCUT2D eigenvalue weighted by atomic mass is 10.0. The van der Waals surface area contributed by atoms with E-state index >= 15 is 0 Å². The molecule has 0 aliphatic carbocycles. The molecule has 10 heteroatoms. The van der Waals surface area contributed by atoms with Crippen molar-refractivity contribution in [1.29, 1.82) is 0 Å². The van der Waals surface area contributed by atoms with Crippen LogP contribution in [0.25, 0.3) is 11.3 Å². The summed E-state index contributed by atoms with van der Waals surface area (Å²) in [5, 5.41) is 22.2. The highest BCUT2D eigenvalue weighted by atomic mass is 19.4. The van der Waals surface area contributed by atoms with Gasteiger partial charge in [0, 0.05) is 19.2 Å². The van der Waals surface area contributed by atoms with Gasteiger partial charge >= 0.3 is 6.18 Å². The Hall–Kier alpha value is -2.88. The van der Waals surface area contributed by atoms with E-state index < -0.39 is 23.6 Å². The molecule has 0 fully saturated rings. The van der Waals surface area contributed by atoms with E-state index in [1.807, 2.05) is 35.2 Å². The molecule has 0 spiro atoms. The highest BCUT2D eigenvalue weighted by Gasteiger charge is 2.55. The number of hydrogen-bond donors (Lipinski definition) is 1. The third-order valence-electron chi connectivity index (χ3n) is 5.12. The first-order chi connectivity index (χ1) is 13.6. The minimum Gasteiger partial charge on any atom is -0.374 e. The van der Waals surface area contributed by atoms with Crippen LogP contribution in [0.5, 0.6) is 0 Å². The highest BCUT2D eigenvalue weighted by Crippen LogP contribution is 2.40. The van der Waals surface area contributed by atoms with E-state index in [9.17, 15) is 18.3 Å². The van der Waals surface area contributed by atoms with E-state index in [0.717, 1.165) is 16.9 Å². The Labute approximate surface area is 165 Å². The number of aliphatic hydroxyl groups is 1. The van der Waals surface area contributed by atoms with Gasteiger partial charge in [-0.25, -0.2) is 0 Å². The zero-order chi connectivity index (χ0) is 21.0. The standard InChI is InChI=1S/C19H20F3N6O/c1-12-9-27(14-10-26(3)25-16(14)13-7-5-4-6-8-13)11-15-23-24-17(28(12)15)18(2,29)19(20,21)22/h4-8,12,29H,9,11H2,1-3H3/t12-,18+/m0/s1. The minimum atomic E-state index is -4.86. The van der Waals surface area contributed by atoms with Crippen LogP contribution in [0.3, 0.4) is 0 Å². The first kappa shape index (κ1) is 19.4. The predicted octanol–water partition coefficient (Wildman–Crippen LogP) is 2.83. The summed E-state index contributed by atoms with van der Waals surface area (Å²) in [5.41, 5.74) is -0.691. The summed E-state index contributed by atoms with van der Waals surface area (Å²) >= 11 is 0. The molecular weight excluding hydrogens is 385 g/mol. The molecule has 0 bridgehead atoms. The lowest BCUT2D eigenvalue weighted by molar-refractivity contribution is -0.263. The Morgan fingerprint density at radius 2 is 1.86 bits per heavy atom. The molecule has 153 valence electrons. The number of rotatable bonds is 3. The molecule has 0 saturated heterocycles. The maximum atomic E-state index is 13.3.